The third kappa shape index (κ3) is 3.28. The third-order valence-electron chi connectivity index (χ3n) is 2.33. The first kappa shape index (κ1) is 13.5. The van der Waals surface area contributed by atoms with Crippen LogP contribution >= 0.6 is 39.5 Å². The van der Waals surface area contributed by atoms with Gasteiger partial charge in [-0.2, -0.15) is 0 Å². The van der Waals surface area contributed by atoms with E-state index in [1.807, 2.05) is 11.4 Å². The summed E-state index contributed by atoms with van der Waals surface area (Å²) in [5.74, 6) is -0.351. The molecular weight excluding hydrogens is 335 g/mol. The van der Waals surface area contributed by atoms with Crippen molar-refractivity contribution in [3.63, 3.8) is 0 Å². The van der Waals surface area contributed by atoms with Crippen LogP contribution < -0.4 is 11.1 Å². The Morgan fingerprint density at radius 1 is 1.44 bits per heavy atom. The molecule has 2 rings (SSSR count). The molecule has 1 heterocycles. The minimum absolute atomic E-state index is 0.197. The topological polar surface area (TPSA) is 38.0 Å². The molecule has 0 bridgehead atoms. The molecule has 0 aliphatic rings. The van der Waals surface area contributed by atoms with Crippen molar-refractivity contribution in [2.75, 3.05) is 5.32 Å². The van der Waals surface area contributed by atoms with Gasteiger partial charge in [0, 0.05) is 26.8 Å². The van der Waals surface area contributed by atoms with Crippen LogP contribution in [0.4, 0.5) is 10.1 Å². The first-order valence-electron chi connectivity index (χ1n) is 5.12. The number of rotatable bonds is 4. The molecule has 0 aliphatic heterocycles. The lowest BCUT2D eigenvalue weighted by molar-refractivity contribution is 0.630. The fourth-order valence-corrected chi connectivity index (χ4v) is 2.96. The number of anilines is 1. The molecule has 0 unspecified atom stereocenters. The Morgan fingerprint density at radius 2 is 2.22 bits per heavy atom. The Bertz CT molecular complexity index is 583. The number of halogens is 2. The molecule has 0 radical (unpaired) electrons. The van der Waals surface area contributed by atoms with Crippen molar-refractivity contribution in [1.29, 1.82) is 0 Å². The number of hydrogen-bond donors (Lipinski definition) is 2. The SMILES string of the molecule is NC(=S)c1ccc(NCc2cc(Br)cs2)c(F)c1. The normalized spacial score (nSPS) is 10.3. The predicted molar refractivity (Wildman–Crippen MR) is 81.6 cm³/mol. The van der Waals surface area contributed by atoms with E-state index in [1.54, 1.807) is 23.5 Å². The van der Waals surface area contributed by atoms with Crippen LogP contribution in [-0.4, -0.2) is 4.99 Å². The molecule has 0 fully saturated rings. The molecule has 1 aromatic heterocycles. The van der Waals surface area contributed by atoms with Gasteiger partial charge in [-0.1, -0.05) is 12.2 Å². The third-order valence-corrected chi connectivity index (χ3v) is 4.26. The number of thiophene rings is 1. The maximum absolute atomic E-state index is 13.7. The smallest absolute Gasteiger partial charge is 0.146 e. The van der Waals surface area contributed by atoms with E-state index in [9.17, 15) is 4.39 Å². The molecule has 0 amide bonds. The van der Waals surface area contributed by atoms with Crippen molar-refractivity contribution in [2.45, 2.75) is 6.54 Å². The minimum atomic E-state index is -0.351. The zero-order valence-electron chi connectivity index (χ0n) is 9.24. The summed E-state index contributed by atoms with van der Waals surface area (Å²) in [7, 11) is 0. The van der Waals surface area contributed by atoms with E-state index in [4.69, 9.17) is 18.0 Å². The highest BCUT2D eigenvalue weighted by Gasteiger charge is 2.05. The molecule has 3 N–H and O–H groups in total. The van der Waals surface area contributed by atoms with Crippen molar-refractivity contribution in [1.82, 2.24) is 0 Å². The van der Waals surface area contributed by atoms with Crippen LogP contribution in [0.15, 0.2) is 34.1 Å². The highest BCUT2D eigenvalue weighted by molar-refractivity contribution is 9.10. The van der Waals surface area contributed by atoms with Gasteiger partial charge >= 0.3 is 0 Å². The molecule has 0 aliphatic carbocycles. The van der Waals surface area contributed by atoms with Crippen molar-refractivity contribution in [3.05, 3.63) is 50.4 Å². The largest absolute Gasteiger partial charge is 0.389 e. The number of benzene rings is 1. The lowest BCUT2D eigenvalue weighted by atomic mass is 10.2. The summed E-state index contributed by atoms with van der Waals surface area (Å²) in [5, 5.41) is 5.03. The zero-order valence-corrected chi connectivity index (χ0v) is 12.5. The maximum Gasteiger partial charge on any atom is 0.146 e. The molecule has 1 aromatic carbocycles. The monoisotopic (exact) mass is 344 g/mol. The van der Waals surface area contributed by atoms with Gasteiger partial charge in [-0.25, -0.2) is 4.39 Å². The molecule has 18 heavy (non-hydrogen) atoms. The molecule has 2 aromatic rings. The van der Waals surface area contributed by atoms with Gasteiger partial charge in [-0.05, 0) is 40.2 Å². The first-order chi connectivity index (χ1) is 8.56. The van der Waals surface area contributed by atoms with Crippen LogP contribution in [0.1, 0.15) is 10.4 Å². The van der Waals surface area contributed by atoms with Crippen LogP contribution in [-0.2, 0) is 6.54 Å². The molecule has 0 atom stereocenters. The lowest BCUT2D eigenvalue weighted by Gasteiger charge is -2.07. The fourth-order valence-electron chi connectivity index (χ4n) is 1.44. The van der Waals surface area contributed by atoms with Gasteiger partial charge in [0.1, 0.15) is 10.8 Å². The van der Waals surface area contributed by atoms with Crippen molar-refractivity contribution in [2.24, 2.45) is 5.73 Å². The van der Waals surface area contributed by atoms with E-state index < -0.39 is 0 Å². The Hall–Kier alpha value is -0.980. The number of nitrogens with two attached hydrogens (primary N) is 1. The van der Waals surface area contributed by atoms with Gasteiger partial charge in [0.15, 0.2) is 0 Å². The lowest BCUT2D eigenvalue weighted by Crippen LogP contribution is -2.10. The average molecular weight is 345 g/mol. The van der Waals surface area contributed by atoms with Gasteiger partial charge in [-0.3, -0.25) is 0 Å². The van der Waals surface area contributed by atoms with Gasteiger partial charge in [0.05, 0.1) is 5.69 Å². The summed E-state index contributed by atoms with van der Waals surface area (Å²) in [6, 6.07) is 6.69. The standard InChI is InChI=1S/C12H10BrFN2S2/c13-8-4-9(18-6-8)5-16-11-2-1-7(12(15)17)3-10(11)14/h1-4,6,16H,5H2,(H2,15,17). The minimum Gasteiger partial charge on any atom is -0.389 e. The molecule has 0 saturated heterocycles. The van der Waals surface area contributed by atoms with Crippen LogP contribution in [0.3, 0.4) is 0 Å². The Balaban J connectivity index is 2.08. The van der Waals surface area contributed by atoms with Gasteiger partial charge in [0.25, 0.3) is 0 Å². The maximum atomic E-state index is 13.7. The van der Waals surface area contributed by atoms with E-state index in [1.165, 1.54) is 6.07 Å². The summed E-state index contributed by atoms with van der Waals surface area (Å²) in [6.45, 7) is 0.583. The van der Waals surface area contributed by atoms with Crippen molar-refractivity contribution >= 4 is 50.2 Å². The van der Waals surface area contributed by atoms with Crippen LogP contribution in [0.2, 0.25) is 0 Å². The summed E-state index contributed by atoms with van der Waals surface area (Å²) in [6.07, 6.45) is 0. The molecular formula is C12H10BrFN2S2. The van der Waals surface area contributed by atoms with E-state index in [2.05, 4.69) is 21.2 Å². The molecule has 0 spiro atoms. The summed E-state index contributed by atoms with van der Waals surface area (Å²) < 4.78 is 14.8. The second kappa shape index (κ2) is 5.77. The van der Waals surface area contributed by atoms with Crippen molar-refractivity contribution < 1.29 is 4.39 Å². The quantitative estimate of drug-likeness (QED) is 0.826. The summed E-state index contributed by atoms with van der Waals surface area (Å²) >= 11 is 9.78. The van der Waals surface area contributed by atoms with E-state index in [-0.39, 0.29) is 10.8 Å². The highest BCUT2D eigenvalue weighted by atomic mass is 79.9. The Labute approximate surface area is 122 Å². The number of hydrogen-bond acceptors (Lipinski definition) is 3. The van der Waals surface area contributed by atoms with Crippen LogP contribution in [0.5, 0.6) is 0 Å². The summed E-state index contributed by atoms with van der Waals surface area (Å²) in [5.41, 5.74) is 6.42. The molecule has 94 valence electrons. The van der Waals surface area contributed by atoms with E-state index in [0.717, 1.165) is 9.35 Å². The van der Waals surface area contributed by atoms with Crippen molar-refractivity contribution in [3.8, 4) is 0 Å². The number of thiocarbonyl (C=S) groups is 1. The Morgan fingerprint density at radius 3 is 2.78 bits per heavy atom. The van der Waals surface area contributed by atoms with Gasteiger partial charge < -0.3 is 11.1 Å². The first-order valence-corrected chi connectivity index (χ1v) is 7.20. The molecule has 2 nitrogen and oxygen atoms in total. The average Bonchev–Trinajstić information content (AvgIpc) is 2.73. The molecule has 6 heteroatoms. The Kier molecular flexibility index (Phi) is 4.31. The second-order valence-electron chi connectivity index (χ2n) is 3.64. The van der Waals surface area contributed by atoms with Crippen LogP contribution in [0, 0.1) is 5.82 Å². The zero-order chi connectivity index (χ0) is 13.1. The van der Waals surface area contributed by atoms with Gasteiger partial charge in [0.2, 0.25) is 0 Å². The predicted octanol–water partition coefficient (Wildman–Crippen LogP) is 3.90. The van der Waals surface area contributed by atoms with E-state index >= 15 is 0 Å². The van der Waals surface area contributed by atoms with E-state index in [0.29, 0.717) is 17.8 Å². The van der Waals surface area contributed by atoms with Gasteiger partial charge in [-0.15, -0.1) is 11.3 Å². The fraction of sp³-hybridized carbons (Fsp3) is 0.0833. The van der Waals surface area contributed by atoms with Crippen LogP contribution in [0.25, 0.3) is 0 Å². The number of nitrogens with one attached hydrogen (secondary N) is 1. The highest BCUT2D eigenvalue weighted by Crippen LogP contribution is 2.22. The summed E-state index contributed by atoms with van der Waals surface area (Å²) in [4.78, 5) is 1.32. The molecule has 0 saturated carbocycles. The second-order valence-corrected chi connectivity index (χ2v) is 5.99.